The van der Waals surface area contributed by atoms with Crippen LogP contribution in [-0.2, 0) is 0 Å². The Bertz CT molecular complexity index is 973. The van der Waals surface area contributed by atoms with E-state index >= 15 is 0 Å². The van der Waals surface area contributed by atoms with Crippen molar-refractivity contribution in [1.82, 2.24) is 14.9 Å². The van der Waals surface area contributed by atoms with E-state index in [1.807, 2.05) is 6.26 Å². The van der Waals surface area contributed by atoms with E-state index in [0.717, 1.165) is 12.1 Å². The van der Waals surface area contributed by atoms with Crippen molar-refractivity contribution < 1.29 is 18.0 Å². The molecule has 0 spiro atoms. The Morgan fingerprint density at radius 1 is 1.11 bits per heavy atom. The SMILES string of the molecule is CSc1ncc(C(=O)N[C@H](C)c2ccc(F)c(F)c2)n1-c1ccc(F)cc1. The second-order valence-electron chi connectivity index (χ2n) is 5.81. The first-order valence-electron chi connectivity index (χ1n) is 8.04. The summed E-state index contributed by atoms with van der Waals surface area (Å²) < 4.78 is 41.4. The van der Waals surface area contributed by atoms with Crippen LogP contribution in [-0.4, -0.2) is 21.7 Å². The van der Waals surface area contributed by atoms with Crippen molar-refractivity contribution in [1.29, 1.82) is 0 Å². The molecule has 4 nitrogen and oxygen atoms in total. The van der Waals surface area contributed by atoms with Crippen molar-refractivity contribution in [2.24, 2.45) is 0 Å². The highest BCUT2D eigenvalue weighted by atomic mass is 32.2. The van der Waals surface area contributed by atoms with E-state index in [2.05, 4.69) is 10.3 Å². The number of imidazole rings is 1. The molecule has 1 aromatic heterocycles. The highest BCUT2D eigenvalue weighted by Crippen LogP contribution is 2.23. The van der Waals surface area contributed by atoms with Crippen molar-refractivity contribution >= 4 is 17.7 Å². The molecule has 0 aliphatic heterocycles. The van der Waals surface area contributed by atoms with Crippen molar-refractivity contribution in [3.8, 4) is 5.69 Å². The summed E-state index contributed by atoms with van der Waals surface area (Å²) in [5.74, 6) is -2.75. The van der Waals surface area contributed by atoms with Crippen LogP contribution < -0.4 is 5.32 Å². The summed E-state index contributed by atoms with van der Waals surface area (Å²) >= 11 is 1.34. The van der Waals surface area contributed by atoms with Crippen LogP contribution in [0.15, 0.2) is 53.8 Å². The molecule has 0 saturated carbocycles. The third kappa shape index (κ3) is 4.00. The van der Waals surface area contributed by atoms with Crippen molar-refractivity contribution in [3.63, 3.8) is 0 Å². The monoisotopic (exact) mass is 391 g/mol. The lowest BCUT2D eigenvalue weighted by molar-refractivity contribution is 0.0932. The van der Waals surface area contributed by atoms with Crippen LogP contribution in [0.4, 0.5) is 13.2 Å². The Labute approximate surface area is 158 Å². The van der Waals surface area contributed by atoms with Crippen LogP contribution in [0.5, 0.6) is 0 Å². The van der Waals surface area contributed by atoms with Crippen LogP contribution in [0.1, 0.15) is 29.0 Å². The van der Waals surface area contributed by atoms with Gasteiger partial charge in [-0.2, -0.15) is 0 Å². The number of aromatic nitrogens is 2. The number of nitrogens with one attached hydrogen (secondary N) is 1. The minimum absolute atomic E-state index is 0.250. The topological polar surface area (TPSA) is 46.9 Å². The van der Waals surface area contributed by atoms with Gasteiger partial charge in [-0.15, -0.1) is 0 Å². The maximum absolute atomic E-state index is 13.4. The number of carbonyl (C=O) groups is 1. The predicted molar refractivity (Wildman–Crippen MR) is 97.5 cm³/mol. The zero-order chi connectivity index (χ0) is 19.6. The summed E-state index contributed by atoms with van der Waals surface area (Å²) in [6.07, 6.45) is 3.23. The summed E-state index contributed by atoms with van der Waals surface area (Å²) in [5.41, 5.74) is 1.27. The molecule has 1 heterocycles. The van der Waals surface area contributed by atoms with E-state index in [9.17, 15) is 18.0 Å². The molecule has 0 aliphatic carbocycles. The number of benzene rings is 2. The Morgan fingerprint density at radius 2 is 1.81 bits per heavy atom. The summed E-state index contributed by atoms with van der Waals surface area (Å²) in [7, 11) is 0. The molecule has 27 heavy (non-hydrogen) atoms. The maximum Gasteiger partial charge on any atom is 0.270 e. The number of carbonyl (C=O) groups excluding carboxylic acids is 1. The van der Waals surface area contributed by atoms with Gasteiger partial charge in [-0.05, 0) is 55.1 Å². The number of amides is 1. The average molecular weight is 391 g/mol. The first kappa shape index (κ1) is 19.0. The van der Waals surface area contributed by atoms with Gasteiger partial charge in [-0.3, -0.25) is 9.36 Å². The van der Waals surface area contributed by atoms with Gasteiger partial charge in [0, 0.05) is 5.69 Å². The van der Waals surface area contributed by atoms with Crippen LogP contribution in [0.3, 0.4) is 0 Å². The third-order valence-corrected chi connectivity index (χ3v) is 4.67. The largest absolute Gasteiger partial charge is 0.344 e. The smallest absolute Gasteiger partial charge is 0.270 e. The number of rotatable bonds is 5. The minimum atomic E-state index is -0.977. The fraction of sp³-hybridized carbons (Fsp3) is 0.158. The molecule has 3 aromatic rings. The molecule has 3 rings (SSSR count). The van der Waals surface area contributed by atoms with Gasteiger partial charge >= 0.3 is 0 Å². The van der Waals surface area contributed by atoms with E-state index in [0.29, 0.717) is 16.4 Å². The number of hydrogen-bond acceptors (Lipinski definition) is 3. The molecule has 1 N–H and O–H groups in total. The normalized spacial score (nSPS) is 12.0. The molecule has 0 fully saturated rings. The molecular weight excluding hydrogens is 375 g/mol. The molecule has 2 aromatic carbocycles. The number of hydrogen-bond donors (Lipinski definition) is 1. The van der Waals surface area contributed by atoms with E-state index in [4.69, 9.17) is 0 Å². The molecule has 0 aliphatic rings. The van der Waals surface area contributed by atoms with Gasteiger partial charge in [0.1, 0.15) is 11.5 Å². The van der Waals surface area contributed by atoms with E-state index in [1.165, 1.54) is 36.2 Å². The van der Waals surface area contributed by atoms with Gasteiger partial charge in [0.2, 0.25) is 0 Å². The van der Waals surface area contributed by atoms with Crippen molar-refractivity contribution in [3.05, 3.63) is 77.4 Å². The van der Waals surface area contributed by atoms with Crippen molar-refractivity contribution in [2.75, 3.05) is 6.26 Å². The van der Waals surface area contributed by atoms with Crippen LogP contribution in [0.25, 0.3) is 5.69 Å². The Morgan fingerprint density at radius 3 is 2.44 bits per heavy atom. The lowest BCUT2D eigenvalue weighted by Crippen LogP contribution is -2.28. The second kappa shape index (κ2) is 7.87. The molecule has 0 bridgehead atoms. The van der Waals surface area contributed by atoms with Gasteiger partial charge in [0.05, 0.1) is 12.2 Å². The molecule has 1 amide bonds. The number of nitrogens with zero attached hydrogens (tertiary/aromatic N) is 2. The van der Waals surface area contributed by atoms with Crippen LogP contribution >= 0.6 is 11.8 Å². The van der Waals surface area contributed by atoms with E-state index in [1.54, 1.807) is 23.6 Å². The molecule has 8 heteroatoms. The second-order valence-corrected chi connectivity index (χ2v) is 6.58. The standard InChI is InChI=1S/C19H16F3N3OS/c1-11(12-3-8-15(21)16(22)9-12)24-18(26)17-10-23-19(27-2)25(17)14-6-4-13(20)5-7-14/h3-11H,1-2H3,(H,24,26)/t11-/m1/s1. The Kier molecular flexibility index (Phi) is 5.55. The fourth-order valence-electron chi connectivity index (χ4n) is 2.61. The lowest BCUT2D eigenvalue weighted by Gasteiger charge is -2.16. The van der Waals surface area contributed by atoms with Crippen LogP contribution in [0, 0.1) is 17.5 Å². The number of halogens is 3. The van der Waals surface area contributed by atoms with Gasteiger partial charge in [-0.1, -0.05) is 17.8 Å². The zero-order valence-corrected chi connectivity index (χ0v) is 15.4. The molecule has 0 saturated heterocycles. The highest BCUT2D eigenvalue weighted by Gasteiger charge is 2.20. The van der Waals surface area contributed by atoms with Crippen LogP contribution in [0.2, 0.25) is 0 Å². The molecular formula is C19H16F3N3OS. The minimum Gasteiger partial charge on any atom is -0.344 e. The number of thioether (sulfide) groups is 1. The first-order valence-corrected chi connectivity index (χ1v) is 9.26. The summed E-state index contributed by atoms with van der Waals surface area (Å²) in [4.78, 5) is 17.0. The van der Waals surface area contributed by atoms with Gasteiger partial charge in [0.25, 0.3) is 5.91 Å². The Balaban J connectivity index is 1.89. The Hall–Kier alpha value is -2.74. The maximum atomic E-state index is 13.4. The predicted octanol–water partition coefficient (Wildman–Crippen LogP) is 4.50. The summed E-state index contributed by atoms with van der Waals surface area (Å²) in [5, 5.41) is 3.31. The summed E-state index contributed by atoms with van der Waals surface area (Å²) in [6.45, 7) is 1.67. The van der Waals surface area contributed by atoms with Crippen molar-refractivity contribution in [2.45, 2.75) is 18.1 Å². The molecule has 0 unspecified atom stereocenters. The molecule has 0 radical (unpaired) electrons. The van der Waals surface area contributed by atoms with Gasteiger partial charge in [-0.25, -0.2) is 18.2 Å². The fourth-order valence-corrected chi connectivity index (χ4v) is 3.16. The van der Waals surface area contributed by atoms with Gasteiger partial charge < -0.3 is 5.32 Å². The third-order valence-electron chi connectivity index (χ3n) is 4.02. The lowest BCUT2D eigenvalue weighted by atomic mass is 10.1. The summed E-state index contributed by atoms with van der Waals surface area (Å²) in [6, 6.07) is 8.61. The van der Waals surface area contributed by atoms with E-state index in [-0.39, 0.29) is 11.5 Å². The first-order chi connectivity index (χ1) is 12.9. The quantitative estimate of drug-likeness (QED) is 0.652. The highest BCUT2D eigenvalue weighted by molar-refractivity contribution is 7.98. The average Bonchev–Trinajstić information content (AvgIpc) is 3.08. The molecule has 140 valence electrons. The van der Waals surface area contributed by atoms with Gasteiger partial charge in [0.15, 0.2) is 16.8 Å². The molecule has 1 atom stereocenters. The zero-order valence-electron chi connectivity index (χ0n) is 14.5. The van der Waals surface area contributed by atoms with E-state index < -0.39 is 23.6 Å².